The summed E-state index contributed by atoms with van der Waals surface area (Å²) in [5, 5.41) is 16.9. The van der Waals surface area contributed by atoms with Gasteiger partial charge in [-0.05, 0) is 42.4 Å². The first-order chi connectivity index (χ1) is 10.9. The SMILES string of the molecule is CC(CCc1ccc(Br)cc1)NC(=O)Cn1cnc([N+](=O)[O-])n1. The molecule has 23 heavy (non-hydrogen) atoms. The third kappa shape index (κ3) is 5.44. The van der Waals surface area contributed by atoms with Gasteiger partial charge in [-0.2, -0.15) is 4.68 Å². The smallest absolute Gasteiger partial charge is 0.390 e. The van der Waals surface area contributed by atoms with Crippen molar-refractivity contribution in [1.29, 1.82) is 0 Å². The number of halogens is 1. The summed E-state index contributed by atoms with van der Waals surface area (Å²) < 4.78 is 2.18. The molecule has 0 fully saturated rings. The van der Waals surface area contributed by atoms with Crippen LogP contribution in [0.5, 0.6) is 0 Å². The number of nitro groups is 1. The second-order valence-electron chi connectivity index (χ2n) is 5.13. The summed E-state index contributed by atoms with van der Waals surface area (Å²) in [4.78, 5) is 25.2. The molecular formula is C14H16BrN5O3. The Kier molecular flexibility index (Phi) is 5.80. The summed E-state index contributed by atoms with van der Waals surface area (Å²) in [7, 11) is 0. The fraction of sp³-hybridized carbons (Fsp3) is 0.357. The van der Waals surface area contributed by atoms with Gasteiger partial charge in [-0.25, -0.2) is 0 Å². The van der Waals surface area contributed by atoms with Gasteiger partial charge in [0.25, 0.3) is 0 Å². The number of carbonyl (C=O) groups excluding carboxylic acids is 1. The van der Waals surface area contributed by atoms with E-state index in [2.05, 4.69) is 31.3 Å². The van der Waals surface area contributed by atoms with E-state index in [1.165, 1.54) is 11.9 Å². The van der Waals surface area contributed by atoms with Crippen LogP contribution in [0.4, 0.5) is 5.95 Å². The van der Waals surface area contributed by atoms with E-state index in [0.717, 1.165) is 22.0 Å². The first-order valence-corrected chi connectivity index (χ1v) is 7.81. The molecule has 2 rings (SSSR count). The van der Waals surface area contributed by atoms with Crippen LogP contribution < -0.4 is 5.32 Å². The molecule has 0 bridgehead atoms. The second-order valence-corrected chi connectivity index (χ2v) is 6.05. The fourth-order valence-electron chi connectivity index (χ4n) is 2.02. The van der Waals surface area contributed by atoms with Crippen molar-refractivity contribution in [1.82, 2.24) is 20.1 Å². The maximum absolute atomic E-state index is 11.9. The number of hydrogen-bond acceptors (Lipinski definition) is 5. The Morgan fingerprint density at radius 2 is 2.13 bits per heavy atom. The molecular weight excluding hydrogens is 366 g/mol. The summed E-state index contributed by atoms with van der Waals surface area (Å²) >= 11 is 3.39. The zero-order valence-corrected chi connectivity index (χ0v) is 14.1. The lowest BCUT2D eigenvalue weighted by Gasteiger charge is -2.13. The molecule has 122 valence electrons. The Morgan fingerprint density at radius 1 is 1.43 bits per heavy atom. The number of rotatable bonds is 7. The highest BCUT2D eigenvalue weighted by Crippen LogP contribution is 2.12. The Balaban J connectivity index is 1.77. The normalized spacial score (nSPS) is 11.9. The molecule has 8 nitrogen and oxygen atoms in total. The van der Waals surface area contributed by atoms with Crippen LogP contribution in [0, 0.1) is 10.1 Å². The molecule has 0 aliphatic heterocycles. The zero-order valence-electron chi connectivity index (χ0n) is 12.5. The minimum Gasteiger partial charge on any atom is -0.390 e. The summed E-state index contributed by atoms with van der Waals surface area (Å²) in [5.74, 6) is -0.769. The van der Waals surface area contributed by atoms with Crippen LogP contribution in [0.2, 0.25) is 0 Å². The van der Waals surface area contributed by atoms with Gasteiger partial charge in [-0.1, -0.05) is 33.0 Å². The molecule has 1 aromatic carbocycles. The standard InChI is InChI=1S/C14H16BrN5O3/c1-10(2-3-11-4-6-12(15)7-5-11)17-13(21)8-19-9-16-14(18-19)20(22)23/h4-7,9-10H,2-3,8H2,1H3,(H,17,21). The molecule has 0 spiro atoms. The molecule has 2 aromatic rings. The van der Waals surface area contributed by atoms with Gasteiger partial charge in [0.15, 0.2) is 0 Å². The first-order valence-electron chi connectivity index (χ1n) is 7.01. The van der Waals surface area contributed by atoms with Gasteiger partial charge in [0.2, 0.25) is 12.2 Å². The van der Waals surface area contributed by atoms with E-state index in [4.69, 9.17) is 0 Å². The van der Waals surface area contributed by atoms with E-state index in [1.54, 1.807) is 0 Å². The molecule has 1 atom stereocenters. The highest BCUT2D eigenvalue weighted by molar-refractivity contribution is 9.10. The van der Waals surface area contributed by atoms with Crippen molar-refractivity contribution in [3.8, 4) is 0 Å². The first kappa shape index (κ1) is 17.1. The number of amides is 1. The second kappa shape index (κ2) is 7.82. The van der Waals surface area contributed by atoms with Crippen LogP contribution in [0.3, 0.4) is 0 Å². The van der Waals surface area contributed by atoms with Crippen molar-refractivity contribution in [3.05, 3.63) is 50.7 Å². The topological polar surface area (TPSA) is 103 Å². The summed E-state index contributed by atoms with van der Waals surface area (Å²) in [6, 6.07) is 8.02. The van der Waals surface area contributed by atoms with E-state index in [0.29, 0.717) is 0 Å². The molecule has 0 saturated carbocycles. The van der Waals surface area contributed by atoms with Crippen molar-refractivity contribution < 1.29 is 9.72 Å². The maximum atomic E-state index is 11.9. The zero-order chi connectivity index (χ0) is 16.8. The Bertz CT molecular complexity index is 686. The van der Waals surface area contributed by atoms with Crippen LogP contribution >= 0.6 is 15.9 Å². The van der Waals surface area contributed by atoms with Gasteiger partial charge < -0.3 is 15.4 Å². The number of hydrogen-bond donors (Lipinski definition) is 1. The lowest BCUT2D eigenvalue weighted by atomic mass is 10.1. The molecule has 0 aliphatic rings. The van der Waals surface area contributed by atoms with E-state index in [1.807, 2.05) is 31.2 Å². The summed E-state index contributed by atoms with van der Waals surface area (Å²) in [5.41, 5.74) is 1.20. The van der Waals surface area contributed by atoms with Crippen molar-refractivity contribution >= 4 is 27.8 Å². The molecule has 1 heterocycles. The van der Waals surface area contributed by atoms with Crippen LogP contribution in [0.25, 0.3) is 0 Å². The molecule has 1 aromatic heterocycles. The lowest BCUT2D eigenvalue weighted by molar-refractivity contribution is -0.394. The quantitative estimate of drug-likeness (QED) is 0.584. The molecule has 1 unspecified atom stereocenters. The van der Waals surface area contributed by atoms with Crippen LogP contribution in [-0.2, 0) is 17.8 Å². The third-order valence-corrected chi connectivity index (χ3v) is 3.71. The molecule has 0 saturated heterocycles. The van der Waals surface area contributed by atoms with Gasteiger partial charge in [0.1, 0.15) is 6.54 Å². The minimum atomic E-state index is -0.699. The summed E-state index contributed by atoms with van der Waals surface area (Å²) in [6.45, 7) is 1.82. The minimum absolute atomic E-state index is 0.00958. The van der Waals surface area contributed by atoms with Gasteiger partial charge in [0, 0.05) is 15.6 Å². The molecule has 9 heteroatoms. The van der Waals surface area contributed by atoms with Gasteiger partial charge in [0.05, 0.1) is 0 Å². The monoisotopic (exact) mass is 381 g/mol. The number of aromatic nitrogens is 3. The number of nitrogens with zero attached hydrogens (tertiary/aromatic N) is 4. The van der Waals surface area contributed by atoms with E-state index >= 15 is 0 Å². The Morgan fingerprint density at radius 3 is 2.74 bits per heavy atom. The average molecular weight is 382 g/mol. The summed E-state index contributed by atoms with van der Waals surface area (Å²) in [6.07, 6.45) is 2.82. The van der Waals surface area contributed by atoms with E-state index in [-0.39, 0.29) is 18.5 Å². The van der Waals surface area contributed by atoms with E-state index in [9.17, 15) is 14.9 Å². The predicted molar refractivity (Wildman–Crippen MR) is 86.7 cm³/mol. The fourth-order valence-corrected chi connectivity index (χ4v) is 2.28. The number of aryl methyl sites for hydroxylation is 1. The van der Waals surface area contributed by atoms with Crippen LogP contribution in [-0.4, -0.2) is 31.6 Å². The predicted octanol–water partition coefficient (Wildman–Crippen LogP) is 2.09. The van der Waals surface area contributed by atoms with Gasteiger partial charge >= 0.3 is 5.95 Å². The molecule has 1 amide bonds. The largest absolute Gasteiger partial charge is 0.490 e. The Hall–Kier alpha value is -2.29. The van der Waals surface area contributed by atoms with Crippen LogP contribution in [0.1, 0.15) is 18.9 Å². The van der Waals surface area contributed by atoms with Crippen molar-refractivity contribution in [2.75, 3.05) is 0 Å². The number of carbonyl (C=O) groups is 1. The molecule has 1 N–H and O–H groups in total. The Labute approximate surface area is 141 Å². The van der Waals surface area contributed by atoms with Crippen LogP contribution in [0.15, 0.2) is 35.1 Å². The number of benzene rings is 1. The van der Waals surface area contributed by atoms with Crippen molar-refractivity contribution in [3.63, 3.8) is 0 Å². The average Bonchev–Trinajstić information content (AvgIpc) is 2.95. The highest BCUT2D eigenvalue weighted by atomic mass is 79.9. The number of nitrogens with one attached hydrogen (secondary N) is 1. The van der Waals surface area contributed by atoms with Crippen molar-refractivity contribution in [2.24, 2.45) is 0 Å². The van der Waals surface area contributed by atoms with Crippen molar-refractivity contribution in [2.45, 2.75) is 32.4 Å². The third-order valence-electron chi connectivity index (χ3n) is 3.18. The van der Waals surface area contributed by atoms with Gasteiger partial charge in [-0.15, -0.1) is 0 Å². The molecule has 0 radical (unpaired) electrons. The maximum Gasteiger partial charge on any atom is 0.490 e. The van der Waals surface area contributed by atoms with E-state index < -0.39 is 10.9 Å². The van der Waals surface area contributed by atoms with Gasteiger partial charge in [-0.3, -0.25) is 4.79 Å². The molecule has 0 aliphatic carbocycles. The highest BCUT2D eigenvalue weighted by Gasteiger charge is 2.16. The lowest BCUT2D eigenvalue weighted by Crippen LogP contribution is -2.35.